The summed E-state index contributed by atoms with van der Waals surface area (Å²) in [7, 11) is 0. The summed E-state index contributed by atoms with van der Waals surface area (Å²) in [5.41, 5.74) is -1.87. The predicted molar refractivity (Wildman–Crippen MR) is 51.7 cm³/mol. The maximum atomic E-state index is 12.4. The maximum Gasteiger partial charge on any atom is 0.433 e. The van der Waals surface area contributed by atoms with E-state index in [0.717, 1.165) is 6.92 Å². The normalized spacial score (nSPS) is 12.3. The van der Waals surface area contributed by atoms with Crippen molar-refractivity contribution in [1.29, 1.82) is 0 Å². The van der Waals surface area contributed by atoms with Crippen LogP contribution in [0.25, 0.3) is 0 Å². The highest BCUT2D eigenvalue weighted by Crippen LogP contribution is 2.33. The fraction of sp³-hybridized carbons (Fsp3) is 0.375. The van der Waals surface area contributed by atoms with Gasteiger partial charge in [0.25, 0.3) is 6.43 Å². The van der Waals surface area contributed by atoms with E-state index in [4.69, 9.17) is 0 Å². The number of halogens is 6. The van der Waals surface area contributed by atoms with Crippen LogP contribution >= 0.6 is 22.6 Å². The topological polar surface area (TPSA) is 12.9 Å². The first-order chi connectivity index (χ1) is 6.73. The summed E-state index contributed by atoms with van der Waals surface area (Å²) in [4.78, 5) is 3.12. The lowest BCUT2D eigenvalue weighted by atomic mass is 10.2. The molecule has 0 aromatic carbocycles. The smallest absolute Gasteiger partial charge is 0.248 e. The zero-order valence-electron chi connectivity index (χ0n) is 7.37. The first kappa shape index (κ1) is 12.6. The molecule has 0 aliphatic carbocycles. The summed E-state index contributed by atoms with van der Waals surface area (Å²) in [6.45, 7) is 1.14. The lowest BCUT2D eigenvalue weighted by Crippen LogP contribution is -2.11. The van der Waals surface area contributed by atoms with Crippen molar-refractivity contribution in [2.24, 2.45) is 0 Å². The molecule has 1 heterocycles. The molecule has 1 rings (SSSR count). The summed E-state index contributed by atoms with van der Waals surface area (Å²) in [5, 5.41) is 0. The van der Waals surface area contributed by atoms with Gasteiger partial charge in [0.15, 0.2) is 0 Å². The zero-order valence-corrected chi connectivity index (χ0v) is 9.53. The van der Waals surface area contributed by atoms with Crippen LogP contribution in [0.3, 0.4) is 0 Å². The third-order valence-corrected chi connectivity index (χ3v) is 2.60. The van der Waals surface area contributed by atoms with E-state index in [0.29, 0.717) is 6.07 Å². The van der Waals surface area contributed by atoms with Gasteiger partial charge in [0, 0.05) is 9.26 Å². The molecule has 1 nitrogen and oxygen atoms in total. The Balaban J connectivity index is 3.32. The minimum absolute atomic E-state index is 0.123. The van der Waals surface area contributed by atoms with Gasteiger partial charge in [-0.1, -0.05) is 0 Å². The van der Waals surface area contributed by atoms with Gasteiger partial charge < -0.3 is 0 Å². The Morgan fingerprint density at radius 3 is 2.20 bits per heavy atom. The van der Waals surface area contributed by atoms with Gasteiger partial charge in [-0.05, 0) is 35.6 Å². The molecular formula is C8H5F5IN. The Bertz CT molecular complexity index is 351. The summed E-state index contributed by atoms with van der Waals surface area (Å²) in [5.74, 6) is 0. The number of rotatable bonds is 1. The van der Waals surface area contributed by atoms with Crippen molar-refractivity contribution in [2.75, 3.05) is 0 Å². The third-order valence-electron chi connectivity index (χ3n) is 1.71. The molecule has 7 heteroatoms. The highest BCUT2D eigenvalue weighted by molar-refractivity contribution is 14.1. The van der Waals surface area contributed by atoms with E-state index < -0.39 is 23.9 Å². The second kappa shape index (κ2) is 4.18. The van der Waals surface area contributed by atoms with Gasteiger partial charge in [-0.15, -0.1) is 0 Å². The van der Waals surface area contributed by atoms with Gasteiger partial charge in [0.1, 0.15) is 5.69 Å². The molecule has 0 unspecified atom stereocenters. The van der Waals surface area contributed by atoms with Crippen molar-refractivity contribution >= 4 is 22.6 Å². The van der Waals surface area contributed by atoms with Gasteiger partial charge in [0.05, 0.1) is 5.56 Å². The Morgan fingerprint density at radius 2 is 1.87 bits per heavy atom. The van der Waals surface area contributed by atoms with Gasteiger partial charge in [0.2, 0.25) is 0 Å². The van der Waals surface area contributed by atoms with Crippen LogP contribution in [0.5, 0.6) is 0 Å². The Hall–Kier alpha value is -0.470. The number of nitrogens with zero attached hydrogens (tertiary/aromatic N) is 1. The lowest BCUT2D eigenvalue weighted by Gasteiger charge is -2.11. The van der Waals surface area contributed by atoms with E-state index in [-0.39, 0.29) is 9.26 Å². The number of hydrogen-bond donors (Lipinski definition) is 0. The fourth-order valence-electron chi connectivity index (χ4n) is 1.05. The van der Waals surface area contributed by atoms with Crippen LogP contribution in [0.1, 0.15) is 23.4 Å². The summed E-state index contributed by atoms with van der Waals surface area (Å²) in [6.07, 6.45) is -7.42. The predicted octanol–water partition coefficient (Wildman–Crippen LogP) is 3.95. The van der Waals surface area contributed by atoms with Crippen molar-refractivity contribution in [3.8, 4) is 0 Å². The van der Waals surface area contributed by atoms with Crippen LogP contribution in [0.15, 0.2) is 6.07 Å². The SMILES string of the molecule is Cc1nc(C(F)(F)F)cc(I)c1C(F)F. The first-order valence-electron chi connectivity index (χ1n) is 3.76. The minimum atomic E-state index is -4.61. The molecule has 0 aliphatic heterocycles. The Kier molecular flexibility index (Phi) is 3.51. The largest absolute Gasteiger partial charge is 0.433 e. The summed E-state index contributed by atoms with van der Waals surface area (Å²) in [6, 6.07) is 0.620. The monoisotopic (exact) mass is 337 g/mol. The van der Waals surface area contributed by atoms with Gasteiger partial charge in [-0.3, -0.25) is 0 Å². The van der Waals surface area contributed by atoms with E-state index in [1.807, 2.05) is 0 Å². The van der Waals surface area contributed by atoms with E-state index in [1.54, 1.807) is 0 Å². The number of aryl methyl sites for hydroxylation is 1. The molecule has 0 radical (unpaired) electrons. The average molecular weight is 337 g/mol. The minimum Gasteiger partial charge on any atom is -0.248 e. The molecule has 15 heavy (non-hydrogen) atoms. The van der Waals surface area contributed by atoms with Crippen LogP contribution < -0.4 is 0 Å². The van der Waals surface area contributed by atoms with Crippen LogP contribution in [0, 0.1) is 10.5 Å². The van der Waals surface area contributed by atoms with E-state index in [2.05, 4.69) is 4.98 Å². The molecule has 0 fully saturated rings. The maximum absolute atomic E-state index is 12.4. The molecule has 84 valence electrons. The zero-order chi connectivity index (χ0) is 11.8. The molecule has 1 aromatic rings. The van der Waals surface area contributed by atoms with Crippen molar-refractivity contribution < 1.29 is 22.0 Å². The van der Waals surface area contributed by atoms with E-state index in [9.17, 15) is 22.0 Å². The number of pyridine rings is 1. The van der Waals surface area contributed by atoms with Crippen LogP contribution in [0.4, 0.5) is 22.0 Å². The Morgan fingerprint density at radius 1 is 1.33 bits per heavy atom. The second-order valence-corrected chi connectivity index (χ2v) is 3.95. The average Bonchev–Trinajstić information content (AvgIpc) is 1.99. The molecule has 1 aromatic heterocycles. The molecule has 0 atom stereocenters. The van der Waals surface area contributed by atoms with Crippen molar-refractivity contribution in [2.45, 2.75) is 19.5 Å². The summed E-state index contributed by atoms with van der Waals surface area (Å²) < 4.78 is 61.3. The number of hydrogen-bond acceptors (Lipinski definition) is 1. The second-order valence-electron chi connectivity index (χ2n) is 2.79. The molecule has 0 aliphatic rings. The molecule has 0 saturated heterocycles. The van der Waals surface area contributed by atoms with Crippen LogP contribution in [-0.4, -0.2) is 4.98 Å². The van der Waals surface area contributed by atoms with Crippen LogP contribution in [-0.2, 0) is 6.18 Å². The molecule has 0 amide bonds. The highest BCUT2D eigenvalue weighted by Gasteiger charge is 2.34. The number of alkyl halides is 5. The fourth-order valence-corrected chi connectivity index (χ4v) is 1.97. The van der Waals surface area contributed by atoms with Gasteiger partial charge in [-0.2, -0.15) is 13.2 Å². The number of aromatic nitrogens is 1. The quantitative estimate of drug-likeness (QED) is 0.559. The van der Waals surface area contributed by atoms with Crippen molar-refractivity contribution in [1.82, 2.24) is 4.98 Å². The molecule has 0 spiro atoms. The van der Waals surface area contributed by atoms with Gasteiger partial charge >= 0.3 is 6.18 Å². The third kappa shape index (κ3) is 2.76. The van der Waals surface area contributed by atoms with E-state index >= 15 is 0 Å². The molecule has 0 saturated carbocycles. The standard InChI is InChI=1S/C8H5F5IN/c1-3-6(7(9)10)4(14)2-5(15-3)8(11,12)13/h2,7H,1H3. The first-order valence-corrected chi connectivity index (χ1v) is 4.83. The molecular weight excluding hydrogens is 332 g/mol. The lowest BCUT2D eigenvalue weighted by molar-refractivity contribution is -0.141. The summed E-state index contributed by atoms with van der Waals surface area (Å²) >= 11 is 1.45. The van der Waals surface area contributed by atoms with Crippen LogP contribution in [0.2, 0.25) is 0 Å². The van der Waals surface area contributed by atoms with Crippen molar-refractivity contribution in [3.05, 3.63) is 26.6 Å². The van der Waals surface area contributed by atoms with Gasteiger partial charge in [-0.25, -0.2) is 13.8 Å². The molecule has 0 N–H and O–H groups in total. The van der Waals surface area contributed by atoms with E-state index in [1.165, 1.54) is 22.6 Å². The van der Waals surface area contributed by atoms with Crippen molar-refractivity contribution in [3.63, 3.8) is 0 Å². The molecule has 0 bridgehead atoms. The Labute approximate surface area is 95.8 Å². The highest BCUT2D eigenvalue weighted by atomic mass is 127.